The monoisotopic (exact) mass is 784 g/mol. The first-order chi connectivity index (χ1) is 28.3. The van der Waals surface area contributed by atoms with Gasteiger partial charge >= 0.3 is 12.2 Å². The van der Waals surface area contributed by atoms with Gasteiger partial charge in [0.05, 0.1) is 18.6 Å². The highest BCUT2D eigenvalue weighted by atomic mass is 16.7. The first kappa shape index (κ1) is 39.5. The van der Waals surface area contributed by atoms with Crippen molar-refractivity contribution in [2.45, 2.75) is 64.6 Å². The first-order valence-electron chi connectivity index (χ1n) is 19.6. The first-order valence-corrected chi connectivity index (χ1v) is 19.6. The summed E-state index contributed by atoms with van der Waals surface area (Å²) in [5.74, 6) is 1.10. The van der Waals surface area contributed by atoms with Crippen LogP contribution in [0, 0.1) is 13.8 Å². The SMILES string of the molecule is Cc1ccc(Cc2ccc(OC(=O)N3CCC(On4cccn4)CC3)cc2)nc1.Cc1ccc(Cc2ccc(OC(=O)N3CCC(On4ccnc4)CC3)cc2)cn1. The highest BCUT2D eigenvalue weighted by Gasteiger charge is 2.27. The summed E-state index contributed by atoms with van der Waals surface area (Å²) in [5, 5.41) is 4.04. The second kappa shape index (κ2) is 19.4. The molecule has 8 rings (SSSR count). The Morgan fingerprint density at radius 2 is 1.24 bits per heavy atom. The Morgan fingerprint density at radius 1 is 0.638 bits per heavy atom. The number of hydrogen-bond acceptors (Lipinski definition) is 10. The fourth-order valence-electron chi connectivity index (χ4n) is 6.57. The number of aryl methyl sites for hydroxylation is 2. The number of pyridine rings is 2. The van der Waals surface area contributed by atoms with E-state index in [0.29, 0.717) is 37.7 Å². The molecule has 2 amide bonds. The molecule has 2 fully saturated rings. The van der Waals surface area contributed by atoms with Crippen LogP contribution in [0.15, 0.2) is 122 Å². The van der Waals surface area contributed by atoms with Crippen LogP contribution >= 0.6 is 0 Å². The molecule has 0 aliphatic carbocycles. The van der Waals surface area contributed by atoms with Crippen molar-refractivity contribution in [3.05, 3.63) is 156 Å². The highest BCUT2D eigenvalue weighted by Crippen LogP contribution is 2.20. The summed E-state index contributed by atoms with van der Waals surface area (Å²) in [5.41, 5.74) is 6.59. The number of hydrogen-bond donors (Lipinski definition) is 0. The molecule has 6 heterocycles. The van der Waals surface area contributed by atoms with Gasteiger partial charge in [-0.3, -0.25) is 9.97 Å². The molecule has 2 aromatic carbocycles. The minimum Gasteiger partial charge on any atom is -0.410 e. The van der Waals surface area contributed by atoms with Crippen LogP contribution in [0.3, 0.4) is 0 Å². The number of aromatic nitrogens is 6. The summed E-state index contributed by atoms with van der Waals surface area (Å²) in [4.78, 5) is 54.0. The van der Waals surface area contributed by atoms with Gasteiger partial charge in [0, 0.05) is 88.3 Å². The van der Waals surface area contributed by atoms with E-state index in [0.717, 1.165) is 72.2 Å². The van der Waals surface area contributed by atoms with E-state index in [9.17, 15) is 9.59 Å². The average molecular weight is 785 g/mol. The van der Waals surface area contributed by atoms with Crippen LogP contribution in [0.4, 0.5) is 9.59 Å². The molecule has 0 saturated carbocycles. The molecule has 300 valence electrons. The largest absolute Gasteiger partial charge is 0.415 e. The van der Waals surface area contributed by atoms with Gasteiger partial charge in [-0.1, -0.05) is 36.4 Å². The number of likely N-dealkylation sites (tertiary alicyclic amines) is 2. The standard InChI is InChI=1S/2C22H24N4O3/c1-17-3-6-19(23-16-17)15-18-4-7-20(8-5-18)28-22(27)25-13-9-21(10-14-25)29-26-12-2-11-24-26;1-17-2-3-19(15-24-17)14-18-4-6-20(7-5-18)28-22(27)25-11-8-21(9-12-25)29-26-13-10-23-16-26/h2-8,11-12,16,21H,9-10,13-15H2,1H3;2-7,10,13,15-16,21H,8-9,11-12,14H2,1H3. The van der Waals surface area contributed by atoms with Crippen molar-refractivity contribution in [3.8, 4) is 11.5 Å². The van der Waals surface area contributed by atoms with E-state index in [-0.39, 0.29) is 24.4 Å². The highest BCUT2D eigenvalue weighted by molar-refractivity contribution is 5.71. The molecule has 0 spiro atoms. The normalized spacial score (nSPS) is 14.6. The van der Waals surface area contributed by atoms with Crippen LogP contribution in [-0.4, -0.2) is 90.0 Å². The molecule has 0 unspecified atom stereocenters. The van der Waals surface area contributed by atoms with Gasteiger partial charge < -0.3 is 28.9 Å². The van der Waals surface area contributed by atoms with Gasteiger partial charge in [-0.05, 0) is 85.0 Å². The Labute approximate surface area is 337 Å². The number of rotatable bonds is 10. The summed E-state index contributed by atoms with van der Waals surface area (Å²) in [7, 11) is 0. The van der Waals surface area contributed by atoms with Crippen molar-refractivity contribution in [1.82, 2.24) is 39.4 Å². The molecule has 4 aromatic heterocycles. The maximum Gasteiger partial charge on any atom is 0.415 e. The van der Waals surface area contributed by atoms with Crippen molar-refractivity contribution in [3.63, 3.8) is 0 Å². The van der Waals surface area contributed by atoms with Crippen LogP contribution in [0.25, 0.3) is 0 Å². The fourth-order valence-corrected chi connectivity index (χ4v) is 6.57. The van der Waals surface area contributed by atoms with Crippen LogP contribution in [-0.2, 0) is 12.8 Å². The van der Waals surface area contributed by atoms with Gasteiger partial charge in [0.15, 0.2) is 0 Å². The van der Waals surface area contributed by atoms with E-state index in [4.69, 9.17) is 19.1 Å². The van der Waals surface area contributed by atoms with Gasteiger partial charge in [0.1, 0.15) is 30.0 Å². The molecule has 0 N–H and O–H groups in total. The van der Waals surface area contributed by atoms with Crippen LogP contribution in [0.2, 0.25) is 0 Å². The zero-order valence-corrected chi connectivity index (χ0v) is 32.8. The molecule has 2 aliphatic heterocycles. The topological polar surface area (TPSA) is 139 Å². The molecular formula is C44H48N8O6. The van der Waals surface area contributed by atoms with Gasteiger partial charge in [0.2, 0.25) is 0 Å². The van der Waals surface area contributed by atoms with E-state index < -0.39 is 0 Å². The predicted molar refractivity (Wildman–Crippen MR) is 215 cm³/mol. The molecule has 0 atom stereocenters. The molecule has 14 heteroatoms. The summed E-state index contributed by atoms with van der Waals surface area (Å²) >= 11 is 0. The third-order valence-corrected chi connectivity index (χ3v) is 9.88. The van der Waals surface area contributed by atoms with Crippen molar-refractivity contribution < 1.29 is 28.7 Å². The number of carbonyl (C=O) groups is 2. The Kier molecular flexibility index (Phi) is 13.3. The zero-order chi connectivity index (χ0) is 40.1. The molecule has 2 saturated heterocycles. The lowest BCUT2D eigenvalue weighted by molar-refractivity contribution is -0.0162. The predicted octanol–water partition coefficient (Wildman–Crippen LogP) is 6.54. The maximum absolute atomic E-state index is 12.4. The average Bonchev–Trinajstić information content (AvgIpc) is 3.97. The quantitative estimate of drug-likeness (QED) is 0.151. The molecule has 6 aromatic rings. The van der Waals surface area contributed by atoms with E-state index in [1.165, 1.54) is 4.85 Å². The Balaban J connectivity index is 0.000000177. The maximum atomic E-state index is 12.4. The minimum atomic E-state index is -0.324. The summed E-state index contributed by atoms with van der Waals surface area (Å²) in [6.45, 7) is 6.41. The van der Waals surface area contributed by atoms with Crippen LogP contribution in [0.1, 0.15) is 59.3 Å². The molecule has 14 nitrogen and oxygen atoms in total. The van der Waals surface area contributed by atoms with Crippen LogP contribution in [0.5, 0.6) is 11.5 Å². The van der Waals surface area contributed by atoms with Crippen molar-refractivity contribution >= 4 is 12.2 Å². The lowest BCUT2D eigenvalue weighted by Gasteiger charge is -2.31. The number of piperidine rings is 2. The van der Waals surface area contributed by atoms with E-state index in [1.54, 1.807) is 45.6 Å². The smallest absolute Gasteiger partial charge is 0.410 e. The number of imidazole rings is 1. The van der Waals surface area contributed by atoms with Gasteiger partial charge in [-0.25, -0.2) is 14.6 Å². The Bertz CT molecular complexity index is 1990. The second-order valence-electron chi connectivity index (χ2n) is 14.4. The van der Waals surface area contributed by atoms with E-state index in [1.807, 2.05) is 93.0 Å². The third kappa shape index (κ3) is 11.7. The molecular weight excluding hydrogens is 737 g/mol. The number of amides is 2. The van der Waals surface area contributed by atoms with Crippen LogP contribution < -0.4 is 19.1 Å². The number of nitrogens with zero attached hydrogens (tertiary/aromatic N) is 8. The summed E-state index contributed by atoms with van der Waals surface area (Å²) in [6, 6.07) is 25.2. The van der Waals surface area contributed by atoms with Crippen molar-refractivity contribution in [2.24, 2.45) is 0 Å². The number of ether oxygens (including phenoxy) is 2. The van der Waals surface area contributed by atoms with Crippen molar-refractivity contribution in [2.75, 3.05) is 26.2 Å². The number of carbonyl (C=O) groups excluding carboxylic acids is 2. The lowest BCUT2D eigenvalue weighted by Crippen LogP contribution is -2.44. The lowest BCUT2D eigenvalue weighted by atomic mass is 10.1. The third-order valence-electron chi connectivity index (χ3n) is 9.88. The fraction of sp³-hybridized carbons (Fsp3) is 0.318. The molecule has 0 bridgehead atoms. The molecule has 58 heavy (non-hydrogen) atoms. The van der Waals surface area contributed by atoms with Gasteiger partial charge in [-0.2, -0.15) is 4.73 Å². The second-order valence-corrected chi connectivity index (χ2v) is 14.4. The molecule has 2 aliphatic rings. The summed E-state index contributed by atoms with van der Waals surface area (Å²) in [6.07, 6.45) is 16.3. The van der Waals surface area contributed by atoms with Gasteiger partial charge in [0.25, 0.3) is 0 Å². The Hall–Kier alpha value is -6.70. The number of benzene rings is 2. The van der Waals surface area contributed by atoms with Crippen molar-refractivity contribution in [1.29, 1.82) is 0 Å². The van der Waals surface area contributed by atoms with E-state index >= 15 is 0 Å². The van der Waals surface area contributed by atoms with E-state index in [2.05, 4.69) is 32.2 Å². The summed E-state index contributed by atoms with van der Waals surface area (Å²) < 4.78 is 12.7. The molecule has 0 radical (unpaired) electrons. The Morgan fingerprint density at radius 3 is 1.76 bits per heavy atom. The zero-order valence-electron chi connectivity index (χ0n) is 32.8. The van der Waals surface area contributed by atoms with Gasteiger partial charge in [-0.15, -0.1) is 9.94 Å². The minimum absolute atomic E-state index is 0.0496.